The molecule has 0 spiro atoms. The first kappa shape index (κ1) is 12.5. The van der Waals surface area contributed by atoms with Crippen LogP contribution in [0.3, 0.4) is 0 Å². The first-order valence-corrected chi connectivity index (χ1v) is 7.37. The normalized spacial score (nSPS) is 23.3. The summed E-state index contributed by atoms with van der Waals surface area (Å²) in [6.45, 7) is 0.687. The number of para-hydroxylation sites is 1. The summed E-state index contributed by atoms with van der Waals surface area (Å²) in [5.74, 6) is 1.38. The van der Waals surface area contributed by atoms with E-state index in [-0.39, 0.29) is 17.9 Å². The fourth-order valence-electron chi connectivity index (χ4n) is 3.15. The lowest BCUT2D eigenvalue weighted by molar-refractivity contribution is -0.126. The zero-order chi connectivity index (χ0) is 13.1. The predicted octanol–water partition coefficient (Wildman–Crippen LogP) is 3.21. The van der Waals surface area contributed by atoms with E-state index in [1.54, 1.807) is 0 Å². The van der Waals surface area contributed by atoms with Gasteiger partial charge in [-0.05, 0) is 18.9 Å². The maximum atomic E-state index is 12.3. The van der Waals surface area contributed by atoms with Crippen molar-refractivity contribution in [3.63, 3.8) is 0 Å². The highest BCUT2D eigenvalue weighted by atomic mass is 16.5. The highest BCUT2D eigenvalue weighted by Gasteiger charge is 2.27. The van der Waals surface area contributed by atoms with Crippen molar-refractivity contribution >= 4 is 5.91 Å². The predicted molar refractivity (Wildman–Crippen MR) is 74.0 cm³/mol. The molecule has 3 rings (SSSR count). The number of hydrogen-bond acceptors (Lipinski definition) is 2. The van der Waals surface area contributed by atoms with Gasteiger partial charge in [-0.25, -0.2) is 0 Å². The van der Waals surface area contributed by atoms with E-state index in [0.717, 1.165) is 30.6 Å². The van der Waals surface area contributed by atoms with Crippen molar-refractivity contribution in [3.8, 4) is 5.75 Å². The van der Waals surface area contributed by atoms with Crippen molar-refractivity contribution in [2.45, 2.75) is 44.6 Å². The fraction of sp³-hybridized carbons (Fsp3) is 0.562. The van der Waals surface area contributed by atoms with Gasteiger partial charge in [0.05, 0.1) is 12.6 Å². The monoisotopic (exact) mass is 259 g/mol. The van der Waals surface area contributed by atoms with Crippen LogP contribution in [-0.2, 0) is 4.79 Å². The number of carbonyl (C=O) groups excluding carboxylic acids is 1. The topological polar surface area (TPSA) is 38.3 Å². The minimum atomic E-state index is 0.124. The highest BCUT2D eigenvalue weighted by Crippen LogP contribution is 2.32. The average molecular weight is 259 g/mol. The van der Waals surface area contributed by atoms with Crippen molar-refractivity contribution in [3.05, 3.63) is 29.8 Å². The van der Waals surface area contributed by atoms with Crippen molar-refractivity contribution in [2.24, 2.45) is 5.92 Å². The molecule has 3 nitrogen and oxygen atoms in total. The molecule has 1 N–H and O–H groups in total. The lowest BCUT2D eigenvalue weighted by Gasteiger charge is -2.29. The molecule has 1 atom stereocenters. The largest absolute Gasteiger partial charge is 0.493 e. The van der Waals surface area contributed by atoms with E-state index >= 15 is 0 Å². The summed E-state index contributed by atoms with van der Waals surface area (Å²) in [5.41, 5.74) is 1.12. The summed E-state index contributed by atoms with van der Waals surface area (Å²) >= 11 is 0. The summed E-state index contributed by atoms with van der Waals surface area (Å²) in [6, 6.07) is 8.14. The first-order chi connectivity index (χ1) is 9.34. The Kier molecular flexibility index (Phi) is 3.72. The Morgan fingerprint density at radius 3 is 2.74 bits per heavy atom. The van der Waals surface area contributed by atoms with E-state index in [0.29, 0.717) is 6.61 Å². The summed E-state index contributed by atoms with van der Waals surface area (Å²) in [6.07, 6.45) is 6.65. The van der Waals surface area contributed by atoms with Crippen LogP contribution in [0.2, 0.25) is 0 Å². The lowest BCUT2D eigenvalue weighted by atomic mass is 9.88. The minimum Gasteiger partial charge on any atom is -0.493 e. The van der Waals surface area contributed by atoms with Crippen LogP contribution in [0.25, 0.3) is 0 Å². The van der Waals surface area contributed by atoms with Crippen molar-refractivity contribution in [2.75, 3.05) is 6.61 Å². The van der Waals surface area contributed by atoms with Gasteiger partial charge in [-0.3, -0.25) is 4.79 Å². The summed E-state index contributed by atoms with van der Waals surface area (Å²) in [4.78, 5) is 12.3. The Morgan fingerprint density at radius 2 is 1.89 bits per heavy atom. The molecule has 1 aliphatic heterocycles. The first-order valence-electron chi connectivity index (χ1n) is 7.37. The third-order valence-corrected chi connectivity index (χ3v) is 4.25. The maximum absolute atomic E-state index is 12.3. The number of nitrogens with one attached hydrogen (secondary N) is 1. The number of hydrogen-bond donors (Lipinski definition) is 1. The molecule has 3 heteroatoms. The third-order valence-electron chi connectivity index (χ3n) is 4.25. The molecule has 19 heavy (non-hydrogen) atoms. The molecule has 1 aromatic carbocycles. The zero-order valence-electron chi connectivity index (χ0n) is 11.2. The molecule has 1 heterocycles. The molecule has 0 aromatic heterocycles. The van der Waals surface area contributed by atoms with E-state index < -0.39 is 0 Å². The standard InChI is InChI=1S/C16H21NO2/c18-16(12-6-2-1-3-7-12)17-14-10-11-19-15-9-5-4-8-13(14)15/h4-5,8-9,12,14H,1-3,6-7,10-11H2,(H,17,18). The molecular formula is C16H21NO2. The number of benzene rings is 1. The maximum Gasteiger partial charge on any atom is 0.223 e. The molecule has 1 amide bonds. The Bertz CT molecular complexity index is 452. The molecule has 1 saturated carbocycles. The van der Waals surface area contributed by atoms with Gasteiger partial charge in [0, 0.05) is 17.9 Å². The van der Waals surface area contributed by atoms with Gasteiger partial charge in [-0.2, -0.15) is 0 Å². The molecule has 0 radical (unpaired) electrons. The third kappa shape index (κ3) is 2.75. The van der Waals surface area contributed by atoms with Crippen molar-refractivity contribution in [1.82, 2.24) is 5.32 Å². The van der Waals surface area contributed by atoms with Gasteiger partial charge in [0.2, 0.25) is 5.91 Å². The molecule has 1 aromatic rings. The Morgan fingerprint density at radius 1 is 1.11 bits per heavy atom. The second kappa shape index (κ2) is 5.64. The van der Waals surface area contributed by atoms with Gasteiger partial charge in [0.15, 0.2) is 0 Å². The smallest absolute Gasteiger partial charge is 0.223 e. The lowest BCUT2D eigenvalue weighted by Crippen LogP contribution is -2.37. The Labute approximate surface area is 114 Å². The van der Waals surface area contributed by atoms with Crippen molar-refractivity contribution in [1.29, 1.82) is 0 Å². The summed E-state index contributed by atoms with van der Waals surface area (Å²) < 4.78 is 5.63. The van der Waals surface area contributed by atoms with Crippen LogP contribution in [0.4, 0.5) is 0 Å². The summed E-state index contributed by atoms with van der Waals surface area (Å²) in [5, 5.41) is 3.23. The second-order valence-electron chi connectivity index (χ2n) is 5.57. The highest BCUT2D eigenvalue weighted by molar-refractivity contribution is 5.79. The van der Waals surface area contributed by atoms with E-state index in [9.17, 15) is 4.79 Å². The van der Waals surface area contributed by atoms with Crippen molar-refractivity contribution < 1.29 is 9.53 Å². The average Bonchev–Trinajstić information content (AvgIpc) is 2.48. The molecule has 2 aliphatic rings. The van der Waals surface area contributed by atoms with E-state index in [2.05, 4.69) is 11.4 Å². The zero-order valence-corrected chi connectivity index (χ0v) is 11.2. The van der Waals surface area contributed by atoms with Gasteiger partial charge in [-0.1, -0.05) is 37.5 Å². The Balaban J connectivity index is 1.68. The van der Waals surface area contributed by atoms with E-state index in [1.165, 1.54) is 19.3 Å². The number of ether oxygens (including phenoxy) is 1. The van der Waals surface area contributed by atoms with Gasteiger partial charge in [0.1, 0.15) is 5.75 Å². The number of amides is 1. The van der Waals surface area contributed by atoms with E-state index in [1.807, 2.05) is 18.2 Å². The SMILES string of the molecule is O=C(NC1CCOc2ccccc21)C1CCCCC1. The second-order valence-corrected chi connectivity index (χ2v) is 5.57. The van der Waals surface area contributed by atoms with Crippen LogP contribution < -0.4 is 10.1 Å². The summed E-state index contributed by atoms with van der Waals surface area (Å²) in [7, 11) is 0. The fourth-order valence-corrected chi connectivity index (χ4v) is 3.15. The molecule has 1 fully saturated rings. The van der Waals surface area contributed by atoms with Gasteiger partial charge in [-0.15, -0.1) is 0 Å². The van der Waals surface area contributed by atoms with Gasteiger partial charge in [0.25, 0.3) is 0 Å². The van der Waals surface area contributed by atoms with E-state index in [4.69, 9.17) is 4.74 Å². The molecule has 1 aliphatic carbocycles. The molecular weight excluding hydrogens is 238 g/mol. The molecule has 102 valence electrons. The molecule has 0 saturated heterocycles. The van der Waals surface area contributed by atoms with Crippen LogP contribution in [0.1, 0.15) is 50.1 Å². The number of fused-ring (bicyclic) bond motifs is 1. The molecule has 1 unspecified atom stereocenters. The van der Waals surface area contributed by atoms with Gasteiger partial charge >= 0.3 is 0 Å². The molecule has 0 bridgehead atoms. The minimum absolute atomic E-state index is 0.124. The van der Waals surface area contributed by atoms with Crippen LogP contribution >= 0.6 is 0 Å². The number of rotatable bonds is 2. The number of carbonyl (C=O) groups is 1. The van der Waals surface area contributed by atoms with Crippen LogP contribution in [0, 0.1) is 5.92 Å². The van der Waals surface area contributed by atoms with Crippen LogP contribution in [0.5, 0.6) is 5.75 Å². The quantitative estimate of drug-likeness (QED) is 0.885. The Hall–Kier alpha value is -1.51. The van der Waals surface area contributed by atoms with Gasteiger partial charge < -0.3 is 10.1 Å². The van der Waals surface area contributed by atoms with Crippen LogP contribution in [-0.4, -0.2) is 12.5 Å². The van der Waals surface area contributed by atoms with Crippen LogP contribution in [0.15, 0.2) is 24.3 Å².